The highest BCUT2D eigenvalue weighted by molar-refractivity contribution is 5.79. The van der Waals surface area contributed by atoms with Crippen LogP contribution in [-0.2, 0) is 16.0 Å². The van der Waals surface area contributed by atoms with E-state index in [2.05, 4.69) is 15.3 Å². The van der Waals surface area contributed by atoms with E-state index < -0.39 is 11.9 Å². The maximum atomic E-state index is 12.0. The lowest BCUT2D eigenvalue weighted by Crippen LogP contribution is -2.31. The Kier molecular flexibility index (Phi) is 5.71. The van der Waals surface area contributed by atoms with Crippen molar-refractivity contribution in [2.24, 2.45) is 5.73 Å². The number of aromatic amines is 1. The number of hydrogen-bond donors (Lipinski definition) is 3. The fourth-order valence-corrected chi connectivity index (χ4v) is 2.26. The minimum absolute atomic E-state index is 0.0482. The SMILES string of the molecule is NC(=O)CC(NC(=O)CCCc1ccccc1)c1cnc[nH]1. The largest absolute Gasteiger partial charge is 0.370 e. The summed E-state index contributed by atoms with van der Waals surface area (Å²) in [5, 5.41) is 2.83. The number of aromatic nitrogens is 2. The molecule has 1 unspecified atom stereocenters. The van der Waals surface area contributed by atoms with Gasteiger partial charge in [0.1, 0.15) is 0 Å². The lowest BCUT2D eigenvalue weighted by atomic mass is 10.1. The minimum Gasteiger partial charge on any atom is -0.370 e. The Hall–Kier alpha value is -2.63. The van der Waals surface area contributed by atoms with Gasteiger partial charge in [-0.15, -0.1) is 0 Å². The molecule has 2 rings (SSSR count). The fraction of sp³-hybridized carbons (Fsp3) is 0.312. The van der Waals surface area contributed by atoms with Crippen molar-refractivity contribution in [1.29, 1.82) is 0 Å². The van der Waals surface area contributed by atoms with Crippen LogP contribution in [0.4, 0.5) is 0 Å². The van der Waals surface area contributed by atoms with Crippen LogP contribution in [0.1, 0.15) is 36.6 Å². The molecule has 6 nitrogen and oxygen atoms in total. The number of hydrogen-bond acceptors (Lipinski definition) is 3. The summed E-state index contributed by atoms with van der Waals surface area (Å²) < 4.78 is 0. The van der Waals surface area contributed by atoms with Crippen LogP contribution >= 0.6 is 0 Å². The third-order valence-corrected chi connectivity index (χ3v) is 3.35. The first kappa shape index (κ1) is 15.8. The molecule has 4 N–H and O–H groups in total. The Labute approximate surface area is 129 Å². The average Bonchev–Trinajstić information content (AvgIpc) is 3.01. The van der Waals surface area contributed by atoms with E-state index in [1.807, 2.05) is 30.3 Å². The highest BCUT2D eigenvalue weighted by atomic mass is 16.2. The van der Waals surface area contributed by atoms with Gasteiger partial charge < -0.3 is 16.0 Å². The number of carbonyl (C=O) groups is 2. The number of benzene rings is 1. The number of nitrogens with zero attached hydrogens (tertiary/aromatic N) is 1. The molecule has 2 aromatic rings. The average molecular weight is 300 g/mol. The number of nitrogens with one attached hydrogen (secondary N) is 2. The van der Waals surface area contributed by atoms with E-state index in [9.17, 15) is 9.59 Å². The van der Waals surface area contributed by atoms with Gasteiger partial charge in [0.25, 0.3) is 0 Å². The van der Waals surface area contributed by atoms with Crippen molar-refractivity contribution in [1.82, 2.24) is 15.3 Å². The number of primary amides is 1. The standard InChI is InChI=1S/C16H20N4O2/c17-15(21)9-13(14-10-18-11-19-14)20-16(22)8-4-7-12-5-2-1-3-6-12/h1-3,5-6,10-11,13H,4,7-9H2,(H2,17,21)(H,18,19)(H,20,22). The van der Waals surface area contributed by atoms with Gasteiger partial charge in [-0.3, -0.25) is 9.59 Å². The second-order valence-electron chi connectivity index (χ2n) is 5.14. The quantitative estimate of drug-likeness (QED) is 0.688. The molecule has 0 aliphatic heterocycles. The normalized spacial score (nSPS) is 11.8. The minimum atomic E-state index is -0.468. The second kappa shape index (κ2) is 7.97. The molecule has 0 saturated carbocycles. The number of carbonyl (C=O) groups excluding carboxylic acids is 2. The van der Waals surface area contributed by atoms with Crippen LogP contribution in [0.25, 0.3) is 0 Å². The van der Waals surface area contributed by atoms with E-state index in [0.717, 1.165) is 12.8 Å². The highest BCUT2D eigenvalue weighted by Crippen LogP contribution is 2.14. The Morgan fingerprint density at radius 3 is 2.68 bits per heavy atom. The van der Waals surface area contributed by atoms with Crippen LogP contribution in [0.15, 0.2) is 42.9 Å². The maximum Gasteiger partial charge on any atom is 0.220 e. The summed E-state index contributed by atoms with van der Waals surface area (Å²) >= 11 is 0. The summed E-state index contributed by atoms with van der Waals surface area (Å²) in [5.41, 5.74) is 7.11. The summed E-state index contributed by atoms with van der Waals surface area (Å²) in [6, 6.07) is 9.56. The van der Waals surface area contributed by atoms with Gasteiger partial charge >= 0.3 is 0 Å². The number of amides is 2. The topological polar surface area (TPSA) is 101 Å². The molecule has 0 saturated heterocycles. The van der Waals surface area contributed by atoms with Gasteiger partial charge in [-0.25, -0.2) is 4.98 Å². The molecule has 0 bridgehead atoms. The van der Waals surface area contributed by atoms with Crippen molar-refractivity contribution in [3.05, 3.63) is 54.1 Å². The summed E-state index contributed by atoms with van der Waals surface area (Å²) in [6.07, 6.45) is 5.13. The first-order valence-corrected chi connectivity index (χ1v) is 7.25. The third kappa shape index (κ3) is 5.05. The Morgan fingerprint density at radius 1 is 1.27 bits per heavy atom. The van der Waals surface area contributed by atoms with Crippen molar-refractivity contribution in [3.63, 3.8) is 0 Å². The molecule has 22 heavy (non-hydrogen) atoms. The smallest absolute Gasteiger partial charge is 0.220 e. The molecule has 0 radical (unpaired) electrons. The van der Waals surface area contributed by atoms with Gasteiger partial charge in [-0.05, 0) is 18.4 Å². The summed E-state index contributed by atoms with van der Waals surface area (Å²) in [5.74, 6) is -0.569. The number of nitrogens with two attached hydrogens (primary N) is 1. The number of aryl methyl sites for hydroxylation is 1. The predicted octanol–water partition coefficient (Wildman–Crippen LogP) is 1.47. The molecule has 2 amide bonds. The molecule has 1 heterocycles. The Morgan fingerprint density at radius 2 is 2.05 bits per heavy atom. The van der Waals surface area contributed by atoms with Crippen molar-refractivity contribution < 1.29 is 9.59 Å². The molecule has 1 atom stereocenters. The highest BCUT2D eigenvalue weighted by Gasteiger charge is 2.18. The van der Waals surface area contributed by atoms with Gasteiger partial charge in [0.15, 0.2) is 0 Å². The molecule has 6 heteroatoms. The van der Waals surface area contributed by atoms with Crippen molar-refractivity contribution in [3.8, 4) is 0 Å². The zero-order chi connectivity index (χ0) is 15.8. The molecule has 116 valence electrons. The van der Waals surface area contributed by atoms with E-state index in [4.69, 9.17) is 5.73 Å². The lowest BCUT2D eigenvalue weighted by molar-refractivity contribution is -0.122. The van der Waals surface area contributed by atoms with Crippen LogP contribution in [0, 0.1) is 0 Å². The zero-order valence-corrected chi connectivity index (χ0v) is 12.3. The maximum absolute atomic E-state index is 12.0. The third-order valence-electron chi connectivity index (χ3n) is 3.35. The van der Waals surface area contributed by atoms with Crippen LogP contribution in [-0.4, -0.2) is 21.8 Å². The molecule has 0 fully saturated rings. The number of imidazole rings is 1. The molecule has 0 aliphatic rings. The monoisotopic (exact) mass is 300 g/mol. The molecule has 1 aromatic carbocycles. The second-order valence-corrected chi connectivity index (χ2v) is 5.14. The molecule has 0 spiro atoms. The van der Waals surface area contributed by atoms with Crippen LogP contribution in [0.5, 0.6) is 0 Å². The predicted molar refractivity (Wildman–Crippen MR) is 82.7 cm³/mol. The van der Waals surface area contributed by atoms with Gasteiger partial charge in [0, 0.05) is 6.42 Å². The summed E-state index contributed by atoms with van der Waals surface area (Å²) in [6.45, 7) is 0. The zero-order valence-electron chi connectivity index (χ0n) is 12.3. The Bertz CT molecular complexity index is 596. The summed E-state index contributed by atoms with van der Waals surface area (Å²) in [7, 11) is 0. The van der Waals surface area contributed by atoms with Gasteiger partial charge in [-0.1, -0.05) is 30.3 Å². The first-order valence-electron chi connectivity index (χ1n) is 7.25. The molecular weight excluding hydrogens is 280 g/mol. The molecule has 0 aliphatic carbocycles. The summed E-state index contributed by atoms with van der Waals surface area (Å²) in [4.78, 5) is 29.9. The van der Waals surface area contributed by atoms with Crippen LogP contribution < -0.4 is 11.1 Å². The molecule has 1 aromatic heterocycles. The van der Waals surface area contributed by atoms with Crippen molar-refractivity contribution in [2.45, 2.75) is 31.7 Å². The van der Waals surface area contributed by atoms with E-state index in [1.165, 1.54) is 11.9 Å². The van der Waals surface area contributed by atoms with Crippen molar-refractivity contribution in [2.75, 3.05) is 0 Å². The van der Waals surface area contributed by atoms with Crippen LogP contribution in [0.2, 0.25) is 0 Å². The first-order chi connectivity index (χ1) is 10.6. The van der Waals surface area contributed by atoms with Crippen LogP contribution in [0.3, 0.4) is 0 Å². The number of H-pyrrole nitrogens is 1. The fourth-order valence-electron chi connectivity index (χ4n) is 2.26. The van der Waals surface area contributed by atoms with E-state index in [0.29, 0.717) is 12.1 Å². The van der Waals surface area contributed by atoms with Crippen molar-refractivity contribution >= 4 is 11.8 Å². The van der Waals surface area contributed by atoms with Gasteiger partial charge in [0.2, 0.25) is 11.8 Å². The number of rotatable bonds is 8. The van der Waals surface area contributed by atoms with Gasteiger partial charge in [0.05, 0.1) is 30.7 Å². The Balaban J connectivity index is 1.82. The molecular formula is C16H20N4O2. The van der Waals surface area contributed by atoms with E-state index in [1.54, 1.807) is 6.20 Å². The van der Waals surface area contributed by atoms with E-state index in [-0.39, 0.29) is 12.3 Å². The van der Waals surface area contributed by atoms with Gasteiger partial charge in [-0.2, -0.15) is 0 Å². The van der Waals surface area contributed by atoms with E-state index >= 15 is 0 Å². The lowest BCUT2D eigenvalue weighted by Gasteiger charge is -2.15.